The minimum atomic E-state index is -1.82. The van der Waals surface area contributed by atoms with Gasteiger partial charge in [-0.25, -0.2) is 0 Å². The first kappa shape index (κ1) is 52.3. The summed E-state index contributed by atoms with van der Waals surface area (Å²) in [6.07, 6.45) is -19.2. The Morgan fingerprint density at radius 2 is 1.33 bits per heavy atom. The number of fused-ring (bicyclic) bond motifs is 7. The minimum Gasteiger partial charge on any atom is -0.394 e. The van der Waals surface area contributed by atoms with Crippen molar-refractivity contribution in [2.75, 3.05) is 26.4 Å². The van der Waals surface area contributed by atoms with Gasteiger partial charge in [0.1, 0.15) is 85.0 Å². The van der Waals surface area contributed by atoms with Gasteiger partial charge in [-0.05, 0) is 87.4 Å². The summed E-state index contributed by atoms with van der Waals surface area (Å²) in [5.41, 5.74) is -0.258. The molecule has 10 rings (SSSR count). The number of ether oxygens (including phenoxy) is 10. The maximum atomic E-state index is 12.9. The standard InChI is InChI=1S/C49H78O21/c1-20-8-13-48(63-17-20)22(3)49(60)31(70-48)15-27-25-7-6-23-14-24(9-11-46(23,4)26(25)10-12-47(27,49)5)65-45-41(37(58)40(30(16-50)66-45)68-44-36(57)34(55)32(53)21(2)64-44)69-43-38(59)39(29(52)19-62-43)67-42-35(56)33(54)28(51)18-61-42/h6,20-22,24-45,50-60H,7-19H2,1-5H3. The summed E-state index contributed by atoms with van der Waals surface area (Å²) in [6, 6.07) is 0. The van der Waals surface area contributed by atoms with Crippen LogP contribution in [-0.2, 0) is 47.4 Å². The van der Waals surface area contributed by atoms with Crippen LogP contribution in [0.4, 0.5) is 0 Å². The van der Waals surface area contributed by atoms with Gasteiger partial charge in [0.15, 0.2) is 30.9 Å². The lowest BCUT2D eigenvalue weighted by atomic mass is 9.46. The van der Waals surface area contributed by atoms with Gasteiger partial charge in [-0.1, -0.05) is 39.3 Å². The van der Waals surface area contributed by atoms with E-state index in [0.717, 1.165) is 44.9 Å². The molecule has 10 aliphatic rings. The summed E-state index contributed by atoms with van der Waals surface area (Å²) in [6.45, 7) is 9.46. The van der Waals surface area contributed by atoms with Crippen molar-refractivity contribution in [1.29, 1.82) is 0 Å². The van der Waals surface area contributed by atoms with E-state index in [1.54, 1.807) is 0 Å². The van der Waals surface area contributed by atoms with E-state index in [4.69, 9.17) is 47.4 Å². The first-order valence-corrected chi connectivity index (χ1v) is 25.8. The SMILES string of the molecule is CC1CCC2(OC1)OC1CC3C4CC=C5CC(OC6OC(CO)C(OC7OC(C)C(O)C(O)C7O)C(O)C6OC6OCC(O)C(OC7OCC(O)C(O)C7O)C6O)CCC5(C)C4CCC3(C)C1(O)C2C. The van der Waals surface area contributed by atoms with Crippen LogP contribution in [0.2, 0.25) is 0 Å². The molecule has 3 saturated carbocycles. The van der Waals surface area contributed by atoms with Gasteiger partial charge in [-0.3, -0.25) is 0 Å². The third-order valence-corrected chi connectivity index (χ3v) is 19.3. The number of hydrogen-bond acceptors (Lipinski definition) is 21. The Bertz CT molecular complexity index is 1870. The van der Waals surface area contributed by atoms with Gasteiger partial charge in [-0.2, -0.15) is 0 Å². The molecule has 0 aromatic rings. The van der Waals surface area contributed by atoms with Crippen molar-refractivity contribution in [2.45, 2.75) is 227 Å². The fourth-order valence-electron chi connectivity index (χ4n) is 14.9. The zero-order chi connectivity index (χ0) is 50.0. The number of allylic oxidation sites excluding steroid dienone is 1. The van der Waals surface area contributed by atoms with Crippen molar-refractivity contribution in [1.82, 2.24) is 0 Å². The highest BCUT2D eigenvalue weighted by molar-refractivity contribution is 5.29. The molecule has 0 aromatic heterocycles. The predicted molar refractivity (Wildman–Crippen MR) is 236 cm³/mol. The fraction of sp³-hybridized carbons (Fsp3) is 0.959. The number of hydrogen-bond donors (Lipinski definition) is 11. The van der Waals surface area contributed by atoms with Crippen LogP contribution >= 0.6 is 0 Å². The molecule has 0 radical (unpaired) electrons. The Labute approximate surface area is 407 Å². The Hall–Kier alpha value is -1.10. The molecule has 1 spiro atoms. The summed E-state index contributed by atoms with van der Waals surface area (Å²) < 4.78 is 61.3. The van der Waals surface area contributed by atoms with Crippen molar-refractivity contribution in [3.8, 4) is 0 Å². The zero-order valence-corrected chi connectivity index (χ0v) is 40.7. The Morgan fingerprint density at radius 3 is 2.04 bits per heavy atom. The van der Waals surface area contributed by atoms with Crippen LogP contribution in [0.25, 0.3) is 0 Å². The van der Waals surface area contributed by atoms with Crippen molar-refractivity contribution < 1.29 is 104 Å². The van der Waals surface area contributed by atoms with Gasteiger partial charge < -0.3 is 104 Å². The predicted octanol–water partition coefficient (Wildman–Crippen LogP) is -1.57. The molecular weight excluding hydrogens is 925 g/mol. The molecule has 70 heavy (non-hydrogen) atoms. The Kier molecular flexibility index (Phi) is 14.6. The maximum Gasteiger partial charge on any atom is 0.187 e. The average Bonchev–Trinajstić information content (AvgIpc) is 3.69. The molecule has 4 aliphatic carbocycles. The maximum absolute atomic E-state index is 12.9. The molecular formula is C49H78O21. The van der Waals surface area contributed by atoms with Crippen molar-refractivity contribution in [2.24, 2.45) is 40.4 Å². The van der Waals surface area contributed by atoms with Crippen LogP contribution in [0.5, 0.6) is 0 Å². The molecule has 11 N–H and O–H groups in total. The van der Waals surface area contributed by atoms with E-state index < -0.39 is 148 Å². The van der Waals surface area contributed by atoms with Gasteiger partial charge >= 0.3 is 0 Å². The molecule has 29 atom stereocenters. The van der Waals surface area contributed by atoms with Crippen molar-refractivity contribution >= 4 is 0 Å². The third kappa shape index (κ3) is 8.41. The van der Waals surface area contributed by atoms with Crippen molar-refractivity contribution in [3.63, 3.8) is 0 Å². The first-order chi connectivity index (χ1) is 33.1. The quantitative estimate of drug-likeness (QED) is 0.116. The van der Waals surface area contributed by atoms with Crippen LogP contribution in [-0.4, -0.2) is 217 Å². The van der Waals surface area contributed by atoms with E-state index in [1.165, 1.54) is 12.5 Å². The molecule has 6 saturated heterocycles. The summed E-state index contributed by atoms with van der Waals surface area (Å²) in [7, 11) is 0. The monoisotopic (exact) mass is 1000 g/mol. The van der Waals surface area contributed by atoms with Crippen LogP contribution in [0, 0.1) is 40.4 Å². The summed E-state index contributed by atoms with van der Waals surface area (Å²) in [4.78, 5) is 0. The topological polar surface area (TPSA) is 315 Å². The number of aliphatic hydroxyl groups excluding tert-OH is 10. The lowest BCUT2D eigenvalue weighted by Crippen LogP contribution is -2.66. The van der Waals surface area contributed by atoms with Gasteiger partial charge in [0.2, 0.25) is 0 Å². The summed E-state index contributed by atoms with van der Waals surface area (Å²) >= 11 is 0. The number of rotatable bonds is 9. The third-order valence-electron chi connectivity index (χ3n) is 19.3. The molecule has 0 amide bonds. The summed E-state index contributed by atoms with van der Waals surface area (Å²) in [5, 5.41) is 121. The first-order valence-electron chi connectivity index (χ1n) is 25.8. The second kappa shape index (κ2) is 19.5. The van der Waals surface area contributed by atoms with Crippen LogP contribution in [0.15, 0.2) is 11.6 Å². The molecule has 9 fully saturated rings. The van der Waals surface area contributed by atoms with Gasteiger partial charge in [0, 0.05) is 17.8 Å². The van der Waals surface area contributed by atoms with E-state index in [-0.39, 0.29) is 28.8 Å². The lowest BCUT2D eigenvalue weighted by molar-refractivity contribution is -0.389. The van der Waals surface area contributed by atoms with E-state index in [9.17, 15) is 56.2 Å². The van der Waals surface area contributed by atoms with Gasteiger partial charge in [0.25, 0.3) is 0 Å². The second-order valence-corrected chi connectivity index (χ2v) is 23.1. The Balaban J connectivity index is 0.866. The van der Waals surface area contributed by atoms with Crippen LogP contribution < -0.4 is 0 Å². The average molecular weight is 1000 g/mol. The molecule has 21 heteroatoms. The van der Waals surface area contributed by atoms with Crippen molar-refractivity contribution in [3.05, 3.63) is 11.6 Å². The molecule has 29 unspecified atom stereocenters. The van der Waals surface area contributed by atoms with E-state index in [1.807, 2.05) is 0 Å². The smallest absolute Gasteiger partial charge is 0.187 e. The van der Waals surface area contributed by atoms with Gasteiger partial charge in [0.05, 0.1) is 44.7 Å². The van der Waals surface area contributed by atoms with E-state index >= 15 is 0 Å². The second-order valence-electron chi connectivity index (χ2n) is 23.1. The zero-order valence-electron chi connectivity index (χ0n) is 40.7. The highest BCUT2D eigenvalue weighted by atomic mass is 16.8. The molecule has 21 nitrogen and oxygen atoms in total. The lowest BCUT2D eigenvalue weighted by Gasteiger charge is -2.60. The largest absolute Gasteiger partial charge is 0.394 e. The van der Waals surface area contributed by atoms with Gasteiger partial charge in [-0.15, -0.1) is 0 Å². The molecule has 0 aromatic carbocycles. The molecule has 400 valence electrons. The Morgan fingerprint density at radius 1 is 0.643 bits per heavy atom. The van der Waals surface area contributed by atoms with E-state index in [2.05, 4.69) is 33.8 Å². The summed E-state index contributed by atoms with van der Waals surface area (Å²) in [5.74, 6) is 0.502. The highest BCUT2D eigenvalue weighted by Gasteiger charge is 2.76. The molecule has 0 bridgehead atoms. The highest BCUT2D eigenvalue weighted by Crippen LogP contribution is 2.72. The molecule has 6 heterocycles. The number of aliphatic hydroxyl groups is 11. The molecule has 6 aliphatic heterocycles. The minimum absolute atomic E-state index is 0.161. The van der Waals surface area contributed by atoms with Crippen LogP contribution in [0.1, 0.15) is 92.4 Å². The normalized spacial score (nSPS) is 58.0. The van der Waals surface area contributed by atoms with Crippen LogP contribution in [0.3, 0.4) is 0 Å². The van der Waals surface area contributed by atoms with E-state index in [0.29, 0.717) is 37.2 Å². The fourth-order valence-corrected chi connectivity index (χ4v) is 14.9.